The van der Waals surface area contributed by atoms with E-state index in [1.54, 1.807) is 11.3 Å². The Labute approximate surface area is 100 Å². The van der Waals surface area contributed by atoms with Crippen molar-refractivity contribution in [2.75, 3.05) is 0 Å². The third-order valence-electron chi connectivity index (χ3n) is 2.59. The Morgan fingerprint density at radius 1 is 1.56 bits per heavy atom. The van der Waals surface area contributed by atoms with Crippen molar-refractivity contribution >= 4 is 17.4 Å². The number of nitrogens with one attached hydrogen (secondary N) is 2. The van der Waals surface area contributed by atoms with Gasteiger partial charge in [0.15, 0.2) is 0 Å². The zero-order chi connectivity index (χ0) is 11.5. The van der Waals surface area contributed by atoms with Crippen molar-refractivity contribution in [1.82, 2.24) is 10.6 Å². The van der Waals surface area contributed by atoms with E-state index >= 15 is 0 Å². The van der Waals surface area contributed by atoms with E-state index < -0.39 is 0 Å². The van der Waals surface area contributed by atoms with Crippen molar-refractivity contribution in [2.45, 2.75) is 45.2 Å². The molecule has 1 saturated carbocycles. The molecule has 0 saturated heterocycles. The molecule has 2 N–H and O–H groups in total. The quantitative estimate of drug-likeness (QED) is 0.831. The molecule has 88 valence electrons. The number of carbonyl (C=O) groups excluding carboxylic acids is 1. The number of amides is 2. The molecule has 2 amide bonds. The number of thiophene rings is 1. The number of urea groups is 1. The first-order chi connectivity index (χ1) is 7.63. The van der Waals surface area contributed by atoms with Gasteiger partial charge >= 0.3 is 6.03 Å². The highest BCUT2D eigenvalue weighted by molar-refractivity contribution is 7.11. The van der Waals surface area contributed by atoms with E-state index in [1.807, 2.05) is 6.92 Å². The summed E-state index contributed by atoms with van der Waals surface area (Å²) in [6.45, 7) is 4.15. The Bertz CT molecular complexity index is 371. The van der Waals surface area contributed by atoms with Crippen LogP contribution >= 0.6 is 11.3 Å². The Morgan fingerprint density at radius 3 is 2.88 bits per heavy atom. The molecule has 0 aromatic carbocycles. The van der Waals surface area contributed by atoms with Gasteiger partial charge in [-0.1, -0.05) is 0 Å². The molecule has 1 aromatic rings. The molecule has 1 fully saturated rings. The van der Waals surface area contributed by atoms with E-state index in [0.717, 1.165) is 19.3 Å². The van der Waals surface area contributed by atoms with Gasteiger partial charge < -0.3 is 10.6 Å². The van der Waals surface area contributed by atoms with Crippen LogP contribution in [-0.2, 0) is 6.42 Å². The SMILES string of the molecule is Cc1ccc(C[C@@H](C)NC(=O)NC2CC2)s1. The lowest BCUT2D eigenvalue weighted by Crippen LogP contribution is -2.42. The predicted octanol–water partition coefficient (Wildman–Crippen LogP) is 2.45. The molecule has 4 heteroatoms. The summed E-state index contributed by atoms with van der Waals surface area (Å²) in [5.74, 6) is 0. The third-order valence-corrected chi connectivity index (χ3v) is 3.62. The predicted molar refractivity (Wildman–Crippen MR) is 66.9 cm³/mol. The summed E-state index contributed by atoms with van der Waals surface area (Å²) in [6.07, 6.45) is 3.18. The highest BCUT2D eigenvalue weighted by atomic mass is 32.1. The summed E-state index contributed by atoms with van der Waals surface area (Å²) in [6, 6.07) is 4.85. The Kier molecular flexibility index (Phi) is 3.49. The number of hydrogen-bond donors (Lipinski definition) is 2. The van der Waals surface area contributed by atoms with E-state index in [-0.39, 0.29) is 12.1 Å². The summed E-state index contributed by atoms with van der Waals surface area (Å²) in [5, 5.41) is 5.89. The van der Waals surface area contributed by atoms with Crippen molar-refractivity contribution in [1.29, 1.82) is 0 Å². The fraction of sp³-hybridized carbons (Fsp3) is 0.583. The van der Waals surface area contributed by atoms with Crippen LogP contribution in [0.3, 0.4) is 0 Å². The van der Waals surface area contributed by atoms with Crippen LogP contribution in [0, 0.1) is 6.92 Å². The maximum Gasteiger partial charge on any atom is 0.315 e. The summed E-state index contributed by atoms with van der Waals surface area (Å²) in [4.78, 5) is 14.1. The first-order valence-corrected chi connectivity index (χ1v) is 6.57. The average molecular weight is 238 g/mol. The molecule has 0 aliphatic heterocycles. The first kappa shape index (κ1) is 11.5. The van der Waals surface area contributed by atoms with Gasteiger partial charge in [0, 0.05) is 28.3 Å². The minimum atomic E-state index is -0.0247. The lowest BCUT2D eigenvalue weighted by molar-refractivity contribution is 0.237. The molecular weight excluding hydrogens is 220 g/mol. The molecule has 0 radical (unpaired) electrons. The molecular formula is C12H18N2OS. The maximum absolute atomic E-state index is 11.5. The summed E-state index contributed by atoms with van der Waals surface area (Å²) >= 11 is 1.80. The van der Waals surface area contributed by atoms with Gasteiger partial charge in [0.1, 0.15) is 0 Å². The molecule has 1 aromatic heterocycles. The third kappa shape index (κ3) is 3.52. The second-order valence-corrected chi connectivity index (χ2v) is 5.88. The second-order valence-electron chi connectivity index (χ2n) is 4.51. The topological polar surface area (TPSA) is 41.1 Å². The van der Waals surface area contributed by atoms with Crippen LogP contribution in [0.4, 0.5) is 4.79 Å². The van der Waals surface area contributed by atoms with Crippen LogP contribution in [0.15, 0.2) is 12.1 Å². The standard InChI is InChI=1S/C12H18N2OS/c1-8(7-11-6-3-9(2)16-11)13-12(15)14-10-4-5-10/h3,6,8,10H,4-5,7H2,1-2H3,(H2,13,14,15)/t8-/m1/s1. The molecule has 16 heavy (non-hydrogen) atoms. The van der Waals surface area contributed by atoms with Crippen molar-refractivity contribution in [3.63, 3.8) is 0 Å². The van der Waals surface area contributed by atoms with Crippen LogP contribution < -0.4 is 10.6 Å². The zero-order valence-electron chi connectivity index (χ0n) is 9.75. The molecule has 1 atom stereocenters. The maximum atomic E-state index is 11.5. The van der Waals surface area contributed by atoms with Gasteiger partial charge in [-0.25, -0.2) is 4.79 Å². The Hall–Kier alpha value is -1.03. The summed E-state index contributed by atoms with van der Waals surface area (Å²) < 4.78 is 0. The van der Waals surface area contributed by atoms with Crippen LogP contribution in [0.2, 0.25) is 0 Å². The fourth-order valence-electron chi connectivity index (χ4n) is 1.63. The van der Waals surface area contributed by atoms with Crippen molar-refractivity contribution in [3.8, 4) is 0 Å². The number of aryl methyl sites for hydroxylation is 1. The summed E-state index contributed by atoms with van der Waals surface area (Å²) in [7, 11) is 0. The fourth-order valence-corrected chi connectivity index (χ4v) is 2.65. The minimum absolute atomic E-state index is 0.0247. The second kappa shape index (κ2) is 4.87. The Morgan fingerprint density at radius 2 is 2.31 bits per heavy atom. The molecule has 1 aliphatic rings. The van der Waals surface area contributed by atoms with E-state index in [2.05, 4.69) is 29.7 Å². The first-order valence-electron chi connectivity index (χ1n) is 5.76. The van der Waals surface area contributed by atoms with E-state index in [1.165, 1.54) is 9.75 Å². The van der Waals surface area contributed by atoms with E-state index in [4.69, 9.17) is 0 Å². The normalized spacial score (nSPS) is 16.9. The molecule has 3 nitrogen and oxygen atoms in total. The molecule has 1 heterocycles. The van der Waals surface area contributed by atoms with Gasteiger partial charge in [0.05, 0.1) is 0 Å². The molecule has 0 bridgehead atoms. The van der Waals surface area contributed by atoms with E-state index in [9.17, 15) is 4.79 Å². The number of hydrogen-bond acceptors (Lipinski definition) is 2. The largest absolute Gasteiger partial charge is 0.335 e. The van der Waals surface area contributed by atoms with Crippen LogP contribution in [-0.4, -0.2) is 18.1 Å². The Balaban J connectivity index is 1.74. The van der Waals surface area contributed by atoms with Gasteiger partial charge in [-0.3, -0.25) is 0 Å². The minimum Gasteiger partial charge on any atom is -0.335 e. The van der Waals surface area contributed by atoms with Gasteiger partial charge in [-0.05, 0) is 38.8 Å². The summed E-state index contributed by atoms with van der Waals surface area (Å²) in [5.41, 5.74) is 0. The molecule has 0 unspecified atom stereocenters. The van der Waals surface area contributed by atoms with E-state index in [0.29, 0.717) is 6.04 Å². The van der Waals surface area contributed by atoms with Crippen LogP contribution in [0.1, 0.15) is 29.5 Å². The zero-order valence-corrected chi connectivity index (χ0v) is 10.6. The van der Waals surface area contributed by atoms with Crippen molar-refractivity contribution in [3.05, 3.63) is 21.9 Å². The number of rotatable bonds is 4. The molecule has 0 spiro atoms. The lowest BCUT2D eigenvalue weighted by atomic mass is 10.2. The van der Waals surface area contributed by atoms with Crippen LogP contribution in [0.25, 0.3) is 0 Å². The van der Waals surface area contributed by atoms with Gasteiger partial charge in [0.25, 0.3) is 0 Å². The average Bonchev–Trinajstić information content (AvgIpc) is 2.89. The van der Waals surface area contributed by atoms with Crippen LogP contribution in [0.5, 0.6) is 0 Å². The van der Waals surface area contributed by atoms with Crippen molar-refractivity contribution < 1.29 is 4.79 Å². The smallest absolute Gasteiger partial charge is 0.315 e. The van der Waals surface area contributed by atoms with Gasteiger partial charge in [0.2, 0.25) is 0 Å². The highest BCUT2D eigenvalue weighted by Crippen LogP contribution is 2.19. The molecule has 1 aliphatic carbocycles. The van der Waals surface area contributed by atoms with Gasteiger partial charge in [-0.2, -0.15) is 0 Å². The monoisotopic (exact) mass is 238 g/mol. The highest BCUT2D eigenvalue weighted by Gasteiger charge is 2.23. The van der Waals surface area contributed by atoms with Crippen molar-refractivity contribution in [2.24, 2.45) is 0 Å². The molecule has 2 rings (SSSR count). The van der Waals surface area contributed by atoms with Gasteiger partial charge in [-0.15, -0.1) is 11.3 Å². The lowest BCUT2D eigenvalue weighted by Gasteiger charge is -2.13. The number of carbonyl (C=O) groups is 1.